The summed E-state index contributed by atoms with van der Waals surface area (Å²) in [5.41, 5.74) is 0. The molecular weight excluding hydrogens is 246 g/mol. The molecule has 0 spiro atoms. The molecule has 3 N–H and O–H groups in total. The third-order valence-electron chi connectivity index (χ3n) is 0.957. The molecule has 0 unspecified atom stereocenters. The number of rotatable bonds is 2. The van der Waals surface area contributed by atoms with Crippen LogP contribution >= 0.6 is 0 Å². The fourth-order valence-electron chi connectivity index (χ4n) is 0.133. The maximum atomic E-state index is 10.1. The second kappa shape index (κ2) is 5.75. The Morgan fingerprint density at radius 2 is 1.08 bits per heavy atom. The Labute approximate surface area is 120 Å². The van der Waals surface area contributed by atoms with E-state index in [-0.39, 0.29) is 66.0 Å². The Balaban J connectivity index is -0.000000500. The molecule has 0 aromatic heterocycles. The summed E-state index contributed by atoms with van der Waals surface area (Å²) in [6.07, 6.45) is 0. The zero-order valence-corrected chi connectivity index (χ0v) is 6.92. The van der Waals surface area contributed by atoms with E-state index in [0.717, 1.165) is 0 Å². The summed E-state index contributed by atoms with van der Waals surface area (Å²) >= 11 is 0. The molecule has 0 heterocycles. The van der Waals surface area contributed by atoms with Crippen LogP contribution < -0.4 is 0 Å². The van der Waals surface area contributed by atoms with Gasteiger partial charge in [0, 0.05) is 0 Å². The molecule has 72 valence electrons. The Morgan fingerprint density at radius 1 is 0.923 bits per heavy atom. The van der Waals surface area contributed by atoms with Crippen molar-refractivity contribution in [3.63, 3.8) is 0 Å². The van der Waals surface area contributed by atoms with Crippen molar-refractivity contribution < 1.29 is 31.0 Å². The molecule has 0 saturated carbocycles. The molecule has 0 aliphatic heterocycles. The average Bonchev–Trinajstić information content (AvgIpc) is 1.58. The molecule has 0 radical (unpaired) electrons. The first-order chi connectivity index (χ1) is 4.50. The van der Waals surface area contributed by atoms with Gasteiger partial charge in [-0.2, -0.15) is 16.8 Å². The van der Waals surface area contributed by atoms with Gasteiger partial charge in [-0.3, -0.25) is 9.11 Å². The Kier molecular flexibility index (Phi) is 8.95. The van der Waals surface area contributed by atoms with Crippen LogP contribution in [0.2, 0.25) is 0 Å². The Hall–Kier alpha value is 1.78. The molecular formula is C2H8Na2O7S2. The van der Waals surface area contributed by atoms with Crippen LogP contribution in [0.25, 0.3) is 0 Å². The fraction of sp³-hybridized carbons (Fsp3) is 1.00. The van der Waals surface area contributed by atoms with Crippen molar-refractivity contribution in [1.29, 1.82) is 0 Å². The van der Waals surface area contributed by atoms with Crippen molar-refractivity contribution in [3.05, 3.63) is 0 Å². The van der Waals surface area contributed by atoms with E-state index in [1.807, 2.05) is 0 Å². The normalized spacial score (nSPS) is 12.6. The van der Waals surface area contributed by atoms with Crippen LogP contribution in [0.4, 0.5) is 0 Å². The molecule has 0 rings (SSSR count). The maximum absolute atomic E-state index is 10.1. The van der Waals surface area contributed by atoms with E-state index in [1.54, 1.807) is 0 Å². The number of hydrogen-bond donors (Lipinski definition) is 3. The second-order valence-electron chi connectivity index (χ2n) is 1.85. The Bertz CT molecular complexity index is 305. The van der Waals surface area contributed by atoms with E-state index in [1.165, 1.54) is 0 Å². The molecule has 0 bridgehead atoms. The van der Waals surface area contributed by atoms with E-state index < -0.39 is 24.5 Å². The molecule has 0 amide bonds. The van der Waals surface area contributed by atoms with Gasteiger partial charge in [0.25, 0.3) is 0 Å². The van der Waals surface area contributed by atoms with Gasteiger partial charge in [-0.1, -0.05) is 0 Å². The summed E-state index contributed by atoms with van der Waals surface area (Å²) in [7, 11) is -10.5. The molecule has 0 atom stereocenters. The van der Waals surface area contributed by atoms with Gasteiger partial charge in [0.1, 0.15) is 0 Å². The molecule has 11 heteroatoms. The van der Waals surface area contributed by atoms with Crippen LogP contribution in [0, 0.1) is 0 Å². The number of aliphatic hydroxyl groups is 1. The fourth-order valence-corrected chi connectivity index (χ4v) is 1.20. The topological polar surface area (TPSA) is 129 Å². The van der Waals surface area contributed by atoms with Crippen LogP contribution in [-0.2, 0) is 20.2 Å². The van der Waals surface area contributed by atoms with Crippen LogP contribution in [0.15, 0.2) is 0 Å². The van der Waals surface area contributed by atoms with Crippen molar-refractivity contribution in [3.8, 4) is 0 Å². The van der Waals surface area contributed by atoms with Crippen LogP contribution in [0.5, 0.6) is 0 Å². The van der Waals surface area contributed by atoms with E-state index >= 15 is 0 Å². The minimum absolute atomic E-state index is 0. The van der Waals surface area contributed by atoms with E-state index in [2.05, 4.69) is 0 Å². The first kappa shape index (κ1) is 20.2. The van der Waals surface area contributed by atoms with Gasteiger partial charge in [0.2, 0.25) is 0 Å². The molecule has 13 heavy (non-hydrogen) atoms. The molecule has 0 aromatic carbocycles. The molecule has 0 fully saturated rings. The van der Waals surface area contributed by atoms with Gasteiger partial charge >= 0.3 is 83.6 Å². The molecule has 0 saturated heterocycles. The summed E-state index contributed by atoms with van der Waals surface area (Å²) in [4.78, 5) is 0. The van der Waals surface area contributed by atoms with Gasteiger partial charge in [-0.15, -0.1) is 0 Å². The van der Waals surface area contributed by atoms with E-state index in [0.29, 0.717) is 0 Å². The third-order valence-corrected chi connectivity index (χ3v) is 4.14. The predicted octanol–water partition coefficient (Wildman–Crippen LogP) is -2.87. The summed E-state index contributed by atoms with van der Waals surface area (Å²) in [5.74, 6) is 0. The minimum atomic E-state index is -5.24. The first-order valence-corrected chi connectivity index (χ1v) is 5.04. The first-order valence-electron chi connectivity index (χ1n) is 2.16. The molecule has 0 aromatic rings. The number of hydrogen-bond acceptors (Lipinski definition) is 5. The zero-order valence-electron chi connectivity index (χ0n) is 5.29. The van der Waals surface area contributed by atoms with Crippen molar-refractivity contribution in [1.82, 2.24) is 0 Å². The molecule has 7 nitrogen and oxygen atoms in total. The zero-order chi connectivity index (χ0) is 9.50. The summed E-state index contributed by atoms with van der Waals surface area (Å²) < 4.78 is 52.8. The third kappa shape index (κ3) is 4.89. The van der Waals surface area contributed by atoms with Crippen LogP contribution in [0.3, 0.4) is 0 Å². The van der Waals surface area contributed by atoms with E-state index in [9.17, 15) is 16.8 Å². The SMILES string of the molecule is CC(O)(S(=O)(=O)O)S(=O)(=O)O.[NaH].[NaH]. The summed E-state index contributed by atoms with van der Waals surface area (Å²) in [6.45, 7) is 0.234. The summed E-state index contributed by atoms with van der Waals surface area (Å²) in [5, 5.41) is 8.51. The van der Waals surface area contributed by atoms with Crippen LogP contribution in [0.1, 0.15) is 6.92 Å². The standard InChI is InChI=1S/C2H6O7S2.2Na.2H/c1-2(3,10(4,5)6)11(7,8)9;;;;/h3H,1H3,(H,4,5,6)(H,7,8,9);;;;. The Morgan fingerprint density at radius 3 is 1.08 bits per heavy atom. The summed E-state index contributed by atoms with van der Waals surface area (Å²) in [6, 6.07) is 0. The molecule has 0 aliphatic rings. The van der Waals surface area contributed by atoms with Crippen molar-refractivity contribution in [2.45, 2.75) is 11.2 Å². The second-order valence-corrected chi connectivity index (χ2v) is 5.60. The van der Waals surface area contributed by atoms with Gasteiger partial charge in [0.15, 0.2) is 0 Å². The van der Waals surface area contributed by atoms with E-state index in [4.69, 9.17) is 14.2 Å². The van der Waals surface area contributed by atoms with Gasteiger partial charge in [-0.25, -0.2) is 0 Å². The van der Waals surface area contributed by atoms with Crippen LogP contribution in [-0.4, -0.2) is 94.4 Å². The van der Waals surface area contributed by atoms with Crippen molar-refractivity contribution >= 4 is 79.4 Å². The van der Waals surface area contributed by atoms with Gasteiger partial charge in [0.05, 0.1) is 0 Å². The average molecular weight is 254 g/mol. The molecule has 0 aliphatic carbocycles. The predicted molar refractivity (Wildman–Crippen MR) is 48.0 cm³/mol. The van der Waals surface area contributed by atoms with Gasteiger partial charge in [-0.05, 0) is 6.92 Å². The van der Waals surface area contributed by atoms with Gasteiger partial charge < -0.3 is 5.11 Å². The van der Waals surface area contributed by atoms with Crippen molar-refractivity contribution in [2.24, 2.45) is 0 Å². The monoisotopic (exact) mass is 254 g/mol. The quantitative estimate of drug-likeness (QED) is 0.357. The van der Waals surface area contributed by atoms with Crippen molar-refractivity contribution in [2.75, 3.05) is 0 Å².